The molecule has 0 atom stereocenters. The first-order chi connectivity index (χ1) is 12.6. The largest absolute Gasteiger partial charge is 0.262 e. The first-order valence-electron chi connectivity index (χ1n) is 10.0. The average molecular weight is 345 g/mol. The van der Waals surface area contributed by atoms with Gasteiger partial charge in [-0.2, -0.15) is 5.26 Å². The minimum Gasteiger partial charge on any atom is -0.262 e. The molecule has 0 aliphatic heterocycles. The third-order valence-corrected chi connectivity index (χ3v) is 6.30. The molecule has 0 bridgehead atoms. The van der Waals surface area contributed by atoms with Gasteiger partial charge in [0.15, 0.2) is 0 Å². The van der Waals surface area contributed by atoms with Crippen molar-refractivity contribution in [1.82, 2.24) is 9.97 Å². The molecule has 2 heterocycles. The van der Waals surface area contributed by atoms with Crippen molar-refractivity contribution in [3.8, 4) is 17.2 Å². The van der Waals surface area contributed by atoms with E-state index in [9.17, 15) is 5.26 Å². The molecule has 0 radical (unpaired) electrons. The van der Waals surface area contributed by atoms with Crippen LogP contribution in [0.5, 0.6) is 0 Å². The fourth-order valence-electron chi connectivity index (χ4n) is 4.88. The standard InChI is InChI=1S/C23H27N3/c1-16-14-17(10-13-25-16)21-18-8-4-3-5-9-20(18)26-22(19(21)15-24)23(2)11-6-7-12-23/h10,13-14H,3-9,11-12H2,1-2H3. The normalized spacial score (nSPS) is 18.8. The summed E-state index contributed by atoms with van der Waals surface area (Å²) in [5.74, 6) is 0. The second kappa shape index (κ2) is 6.83. The SMILES string of the molecule is Cc1cc(-c2c(C#N)c(C3(C)CCCC3)nc3c2CCCCC3)ccn1. The first kappa shape index (κ1) is 17.2. The Bertz CT molecular complexity index is 870. The van der Waals surface area contributed by atoms with Crippen molar-refractivity contribution < 1.29 is 0 Å². The summed E-state index contributed by atoms with van der Waals surface area (Å²) in [5.41, 5.74) is 7.76. The Kier molecular flexibility index (Phi) is 4.53. The van der Waals surface area contributed by atoms with Crippen molar-refractivity contribution in [3.63, 3.8) is 0 Å². The van der Waals surface area contributed by atoms with Gasteiger partial charge in [-0.15, -0.1) is 0 Å². The van der Waals surface area contributed by atoms with Crippen molar-refractivity contribution in [2.75, 3.05) is 0 Å². The van der Waals surface area contributed by atoms with Gasteiger partial charge in [0.25, 0.3) is 0 Å². The van der Waals surface area contributed by atoms with Crippen LogP contribution < -0.4 is 0 Å². The summed E-state index contributed by atoms with van der Waals surface area (Å²) in [6, 6.07) is 6.76. The lowest BCUT2D eigenvalue weighted by molar-refractivity contribution is 0.472. The number of hydrogen-bond donors (Lipinski definition) is 0. The summed E-state index contributed by atoms with van der Waals surface area (Å²) in [6.07, 6.45) is 12.3. The zero-order valence-corrected chi connectivity index (χ0v) is 15.9. The van der Waals surface area contributed by atoms with Gasteiger partial charge in [0.2, 0.25) is 0 Å². The average Bonchev–Trinajstić information content (AvgIpc) is 2.95. The summed E-state index contributed by atoms with van der Waals surface area (Å²) >= 11 is 0. The number of nitriles is 1. The maximum atomic E-state index is 10.2. The maximum absolute atomic E-state index is 10.2. The van der Waals surface area contributed by atoms with Crippen molar-refractivity contribution in [3.05, 3.63) is 46.5 Å². The molecule has 26 heavy (non-hydrogen) atoms. The molecular weight excluding hydrogens is 318 g/mol. The second-order valence-electron chi connectivity index (χ2n) is 8.26. The highest BCUT2D eigenvalue weighted by Crippen LogP contribution is 2.45. The molecule has 134 valence electrons. The molecule has 3 heteroatoms. The van der Waals surface area contributed by atoms with E-state index in [1.807, 2.05) is 13.1 Å². The predicted molar refractivity (Wildman–Crippen MR) is 104 cm³/mol. The number of aryl methyl sites for hydroxylation is 2. The van der Waals surface area contributed by atoms with Gasteiger partial charge in [-0.05, 0) is 68.7 Å². The van der Waals surface area contributed by atoms with Crippen molar-refractivity contribution in [2.24, 2.45) is 0 Å². The number of fused-ring (bicyclic) bond motifs is 1. The quantitative estimate of drug-likeness (QED) is 0.682. The van der Waals surface area contributed by atoms with Crippen LogP contribution in [0.2, 0.25) is 0 Å². The lowest BCUT2D eigenvalue weighted by atomic mass is 9.79. The van der Waals surface area contributed by atoms with Gasteiger partial charge in [-0.3, -0.25) is 9.97 Å². The van der Waals surface area contributed by atoms with Gasteiger partial charge >= 0.3 is 0 Å². The molecule has 0 spiro atoms. The molecule has 1 saturated carbocycles. The van der Waals surface area contributed by atoms with Crippen LogP contribution in [-0.2, 0) is 18.3 Å². The van der Waals surface area contributed by atoms with E-state index in [0.29, 0.717) is 0 Å². The lowest BCUT2D eigenvalue weighted by Crippen LogP contribution is -2.23. The highest BCUT2D eigenvalue weighted by molar-refractivity contribution is 5.76. The van der Waals surface area contributed by atoms with E-state index in [0.717, 1.165) is 53.8 Å². The third-order valence-electron chi connectivity index (χ3n) is 6.30. The lowest BCUT2D eigenvalue weighted by Gasteiger charge is -2.27. The minimum absolute atomic E-state index is 0.0449. The summed E-state index contributed by atoms with van der Waals surface area (Å²) < 4.78 is 0. The van der Waals surface area contributed by atoms with Crippen LogP contribution in [0, 0.1) is 18.3 Å². The van der Waals surface area contributed by atoms with Gasteiger partial charge in [0.1, 0.15) is 6.07 Å². The molecule has 0 aromatic carbocycles. The molecule has 0 unspecified atom stereocenters. The summed E-state index contributed by atoms with van der Waals surface area (Å²) in [5, 5.41) is 10.2. The fourth-order valence-corrected chi connectivity index (χ4v) is 4.88. The molecule has 2 aromatic heterocycles. The Morgan fingerprint density at radius 1 is 1.08 bits per heavy atom. The highest BCUT2D eigenvalue weighted by Gasteiger charge is 2.36. The van der Waals surface area contributed by atoms with E-state index in [1.54, 1.807) is 0 Å². The Balaban J connectivity index is 2.02. The zero-order chi connectivity index (χ0) is 18.1. The molecule has 2 aliphatic rings. The molecule has 2 aromatic rings. The van der Waals surface area contributed by atoms with Crippen LogP contribution in [0.1, 0.15) is 80.1 Å². The molecular formula is C23H27N3. The Morgan fingerprint density at radius 2 is 1.85 bits per heavy atom. The highest BCUT2D eigenvalue weighted by atomic mass is 14.8. The monoisotopic (exact) mass is 345 g/mol. The number of aromatic nitrogens is 2. The maximum Gasteiger partial charge on any atom is 0.102 e. The van der Waals surface area contributed by atoms with E-state index in [-0.39, 0.29) is 5.41 Å². The number of nitrogens with zero attached hydrogens (tertiary/aromatic N) is 3. The minimum atomic E-state index is 0.0449. The number of pyridine rings is 2. The van der Waals surface area contributed by atoms with Crippen LogP contribution in [0.3, 0.4) is 0 Å². The third kappa shape index (κ3) is 2.92. The van der Waals surface area contributed by atoms with E-state index < -0.39 is 0 Å². The fraction of sp³-hybridized carbons (Fsp3) is 0.522. The van der Waals surface area contributed by atoms with Crippen LogP contribution in [-0.4, -0.2) is 9.97 Å². The molecule has 0 saturated heterocycles. The van der Waals surface area contributed by atoms with Gasteiger partial charge in [0, 0.05) is 28.6 Å². The van der Waals surface area contributed by atoms with E-state index in [2.05, 4.69) is 30.1 Å². The predicted octanol–water partition coefficient (Wildman–Crippen LogP) is 5.42. The smallest absolute Gasteiger partial charge is 0.102 e. The van der Waals surface area contributed by atoms with Crippen LogP contribution in [0.15, 0.2) is 18.3 Å². The summed E-state index contributed by atoms with van der Waals surface area (Å²) in [7, 11) is 0. The Morgan fingerprint density at radius 3 is 2.58 bits per heavy atom. The molecule has 4 rings (SSSR count). The van der Waals surface area contributed by atoms with Crippen molar-refractivity contribution in [1.29, 1.82) is 5.26 Å². The molecule has 0 amide bonds. The van der Waals surface area contributed by atoms with Gasteiger partial charge in [-0.1, -0.05) is 26.2 Å². The van der Waals surface area contributed by atoms with Gasteiger partial charge in [0.05, 0.1) is 11.3 Å². The second-order valence-corrected chi connectivity index (χ2v) is 8.26. The molecule has 1 fully saturated rings. The van der Waals surface area contributed by atoms with Crippen LogP contribution in [0.4, 0.5) is 0 Å². The van der Waals surface area contributed by atoms with Crippen molar-refractivity contribution in [2.45, 2.75) is 77.0 Å². The topological polar surface area (TPSA) is 49.6 Å². The van der Waals surface area contributed by atoms with Gasteiger partial charge in [-0.25, -0.2) is 0 Å². The van der Waals surface area contributed by atoms with Crippen LogP contribution in [0.25, 0.3) is 11.1 Å². The Hall–Kier alpha value is -2.21. The number of hydrogen-bond acceptors (Lipinski definition) is 3. The molecule has 3 nitrogen and oxygen atoms in total. The summed E-state index contributed by atoms with van der Waals surface area (Å²) in [4.78, 5) is 9.53. The molecule has 0 N–H and O–H groups in total. The van der Waals surface area contributed by atoms with Gasteiger partial charge < -0.3 is 0 Å². The van der Waals surface area contributed by atoms with E-state index >= 15 is 0 Å². The molecule has 2 aliphatic carbocycles. The zero-order valence-electron chi connectivity index (χ0n) is 15.9. The van der Waals surface area contributed by atoms with E-state index in [4.69, 9.17) is 4.98 Å². The Labute approximate surface area is 156 Å². The summed E-state index contributed by atoms with van der Waals surface area (Å²) in [6.45, 7) is 4.34. The van der Waals surface area contributed by atoms with E-state index in [1.165, 1.54) is 43.4 Å². The first-order valence-corrected chi connectivity index (χ1v) is 10.0. The van der Waals surface area contributed by atoms with Crippen molar-refractivity contribution >= 4 is 0 Å². The van der Waals surface area contributed by atoms with Crippen LogP contribution >= 0.6 is 0 Å². The number of rotatable bonds is 2.